The third-order valence-corrected chi connectivity index (χ3v) is 6.10. The first-order valence-corrected chi connectivity index (χ1v) is 9.89. The lowest BCUT2D eigenvalue weighted by atomic mass is 10.1. The van der Waals surface area contributed by atoms with Gasteiger partial charge in [-0.2, -0.15) is 0 Å². The number of pyridine rings is 2. The van der Waals surface area contributed by atoms with E-state index >= 15 is 0 Å². The van der Waals surface area contributed by atoms with Gasteiger partial charge in [-0.05, 0) is 77.6 Å². The average Bonchev–Trinajstić information content (AvgIpc) is 2.67. The van der Waals surface area contributed by atoms with E-state index in [-0.39, 0.29) is 0 Å². The number of rotatable bonds is 2. The van der Waals surface area contributed by atoms with E-state index in [1.54, 1.807) is 0 Å². The molecule has 29 heavy (non-hydrogen) atoms. The molecule has 0 aliphatic rings. The molecule has 0 fully saturated rings. The topological polar surface area (TPSA) is 77.3 Å². The van der Waals surface area contributed by atoms with E-state index in [4.69, 9.17) is 19.9 Å². The number of hydrogen-bond acceptors (Lipinski definition) is 6. The van der Waals surface area contributed by atoms with E-state index in [0.717, 1.165) is 67.5 Å². The summed E-state index contributed by atoms with van der Waals surface area (Å²) in [5.41, 5.74) is 13.3. The summed E-state index contributed by atoms with van der Waals surface area (Å²) in [4.78, 5) is 28.6. The second-order valence-corrected chi connectivity index (χ2v) is 7.93. The predicted octanol–water partition coefficient (Wildman–Crippen LogP) is 4.42. The average molecular weight is 387 g/mol. The Kier molecular flexibility index (Phi) is 4.52. The molecular weight excluding hydrogens is 360 g/mol. The van der Waals surface area contributed by atoms with Gasteiger partial charge in [0.2, 0.25) is 0 Å². The summed E-state index contributed by atoms with van der Waals surface area (Å²) in [6, 6.07) is 0. The Morgan fingerprint density at radius 1 is 0.414 bits per heavy atom. The zero-order valence-corrected chi connectivity index (χ0v) is 18.4. The molecule has 0 saturated carbocycles. The first kappa shape index (κ1) is 19.3. The first-order valence-electron chi connectivity index (χ1n) is 9.89. The van der Waals surface area contributed by atoms with Gasteiger partial charge in [-0.3, -0.25) is 0 Å². The van der Waals surface area contributed by atoms with E-state index in [2.05, 4.69) is 37.7 Å². The second kappa shape index (κ2) is 6.79. The van der Waals surface area contributed by atoms with Gasteiger partial charge in [-0.15, -0.1) is 0 Å². The van der Waals surface area contributed by atoms with Crippen LogP contribution in [0, 0.1) is 55.4 Å². The summed E-state index contributed by atoms with van der Waals surface area (Å²) in [5.74, 6) is 0. The van der Waals surface area contributed by atoms with Crippen LogP contribution in [-0.2, 0) is 6.42 Å². The highest BCUT2D eigenvalue weighted by molar-refractivity contribution is 5.77. The Morgan fingerprint density at radius 2 is 0.759 bits per heavy atom. The number of nitrogens with zero attached hydrogens (tertiary/aromatic N) is 6. The highest BCUT2D eigenvalue weighted by Gasteiger charge is 2.16. The van der Waals surface area contributed by atoms with Crippen LogP contribution < -0.4 is 0 Å². The summed E-state index contributed by atoms with van der Waals surface area (Å²) in [6.45, 7) is 16.3. The normalized spacial score (nSPS) is 11.6. The third-order valence-electron chi connectivity index (χ3n) is 6.10. The lowest BCUT2D eigenvalue weighted by Crippen LogP contribution is -2.08. The van der Waals surface area contributed by atoms with E-state index in [0.29, 0.717) is 17.7 Å². The predicted molar refractivity (Wildman–Crippen MR) is 115 cm³/mol. The summed E-state index contributed by atoms with van der Waals surface area (Å²) in [7, 11) is 0. The molecule has 0 N–H and O–H groups in total. The summed E-state index contributed by atoms with van der Waals surface area (Å²) >= 11 is 0. The molecule has 0 atom stereocenters. The minimum Gasteiger partial charge on any atom is -0.247 e. The highest BCUT2D eigenvalue weighted by atomic mass is 14.9. The van der Waals surface area contributed by atoms with Crippen LogP contribution in [0.4, 0.5) is 0 Å². The fourth-order valence-corrected chi connectivity index (χ4v) is 3.62. The minimum absolute atomic E-state index is 0.586. The van der Waals surface area contributed by atoms with Crippen molar-refractivity contribution in [3.63, 3.8) is 0 Å². The van der Waals surface area contributed by atoms with Crippen LogP contribution in [0.5, 0.6) is 0 Å². The summed E-state index contributed by atoms with van der Waals surface area (Å²) in [6.07, 6.45) is 0.586. The molecule has 0 aliphatic heterocycles. The van der Waals surface area contributed by atoms with Crippen LogP contribution in [-0.4, -0.2) is 29.9 Å². The summed E-state index contributed by atoms with van der Waals surface area (Å²) < 4.78 is 0. The molecule has 6 nitrogen and oxygen atoms in total. The van der Waals surface area contributed by atoms with Crippen LogP contribution in [0.15, 0.2) is 0 Å². The Balaban J connectivity index is 1.87. The molecule has 4 rings (SSSR count). The molecule has 0 unspecified atom stereocenters. The van der Waals surface area contributed by atoms with Crippen molar-refractivity contribution in [1.82, 2.24) is 29.9 Å². The molecule has 0 saturated heterocycles. The van der Waals surface area contributed by atoms with Gasteiger partial charge in [0.05, 0.1) is 22.8 Å². The largest absolute Gasteiger partial charge is 0.247 e. The van der Waals surface area contributed by atoms with Crippen molar-refractivity contribution in [3.8, 4) is 0 Å². The maximum atomic E-state index is 4.94. The Morgan fingerprint density at radius 3 is 1.14 bits per heavy atom. The number of fused-ring (bicyclic) bond motifs is 2. The van der Waals surface area contributed by atoms with Gasteiger partial charge in [0.25, 0.3) is 0 Å². The van der Waals surface area contributed by atoms with Crippen molar-refractivity contribution < 1.29 is 0 Å². The third kappa shape index (κ3) is 3.12. The fourth-order valence-electron chi connectivity index (χ4n) is 3.62. The molecule has 148 valence electrons. The lowest BCUT2D eigenvalue weighted by Gasteiger charge is -2.13. The van der Waals surface area contributed by atoms with Crippen molar-refractivity contribution in [2.45, 2.75) is 61.8 Å². The van der Waals surface area contributed by atoms with Crippen molar-refractivity contribution in [3.05, 3.63) is 56.4 Å². The number of hydrogen-bond donors (Lipinski definition) is 0. The Bertz CT molecular complexity index is 1210. The molecule has 0 amide bonds. The smallest absolute Gasteiger partial charge is 0.178 e. The van der Waals surface area contributed by atoms with Gasteiger partial charge < -0.3 is 0 Å². The Hall–Kier alpha value is -3.02. The molecule has 4 aromatic rings. The van der Waals surface area contributed by atoms with Gasteiger partial charge >= 0.3 is 0 Å². The monoisotopic (exact) mass is 386 g/mol. The lowest BCUT2D eigenvalue weighted by molar-refractivity contribution is 0.936. The highest BCUT2D eigenvalue weighted by Crippen LogP contribution is 2.24. The molecule has 0 aliphatic carbocycles. The van der Waals surface area contributed by atoms with Crippen LogP contribution in [0.2, 0.25) is 0 Å². The molecule has 0 radical (unpaired) electrons. The van der Waals surface area contributed by atoms with Crippen LogP contribution in [0.1, 0.15) is 56.4 Å². The van der Waals surface area contributed by atoms with Gasteiger partial charge in [-0.1, -0.05) is 0 Å². The van der Waals surface area contributed by atoms with Crippen molar-refractivity contribution in [2.24, 2.45) is 0 Å². The zero-order chi connectivity index (χ0) is 21.0. The fraction of sp³-hybridized carbons (Fsp3) is 0.391. The number of aryl methyl sites for hydroxylation is 6. The molecule has 0 spiro atoms. The van der Waals surface area contributed by atoms with Crippen molar-refractivity contribution in [2.75, 3.05) is 0 Å². The molecule has 6 heteroatoms. The SMILES string of the molecule is Cc1nc2nc(C)c(C)c(C)c2nc1Cc1nc2c(C)c(C)c(C)nc2nc1C. The molecular formula is C23H26N6. The molecule has 4 heterocycles. The first-order chi connectivity index (χ1) is 13.7. The maximum absolute atomic E-state index is 4.94. The van der Waals surface area contributed by atoms with Gasteiger partial charge in [-0.25, -0.2) is 29.9 Å². The van der Waals surface area contributed by atoms with Gasteiger partial charge in [0, 0.05) is 17.8 Å². The minimum atomic E-state index is 0.586. The van der Waals surface area contributed by atoms with Crippen molar-refractivity contribution >= 4 is 22.3 Å². The molecule has 4 aromatic heterocycles. The Labute approximate surface area is 170 Å². The van der Waals surface area contributed by atoms with Crippen LogP contribution >= 0.6 is 0 Å². The quantitative estimate of drug-likeness (QED) is 0.507. The molecule has 0 bridgehead atoms. The van der Waals surface area contributed by atoms with E-state index in [1.807, 2.05) is 27.7 Å². The van der Waals surface area contributed by atoms with E-state index < -0.39 is 0 Å². The standard InChI is InChI=1S/C23H26N6/c1-10-12(3)20-22(24-14(10)5)26-16(7)18(28-20)9-19-17(8)27-23-21(29-19)13(4)11(2)15(6)25-23/h9H2,1-8H3. The van der Waals surface area contributed by atoms with Crippen LogP contribution in [0.3, 0.4) is 0 Å². The molecule has 0 aromatic carbocycles. The van der Waals surface area contributed by atoms with E-state index in [1.165, 1.54) is 0 Å². The summed E-state index contributed by atoms with van der Waals surface area (Å²) in [5, 5.41) is 0. The van der Waals surface area contributed by atoms with E-state index in [9.17, 15) is 0 Å². The zero-order valence-electron chi connectivity index (χ0n) is 18.4. The maximum Gasteiger partial charge on any atom is 0.178 e. The van der Waals surface area contributed by atoms with Gasteiger partial charge in [0.15, 0.2) is 11.3 Å². The van der Waals surface area contributed by atoms with Crippen LogP contribution in [0.25, 0.3) is 22.3 Å². The van der Waals surface area contributed by atoms with Crippen molar-refractivity contribution in [1.29, 1.82) is 0 Å². The number of aromatic nitrogens is 6. The van der Waals surface area contributed by atoms with Gasteiger partial charge in [0.1, 0.15) is 11.0 Å². The second-order valence-electron chi connectivity index (χ2n) is 7.93.